The van der Waals surface area contributed by atoms with E-state index >= 15 is 0 Å². The van der Waals surface area contributed by atoms with Crippen molar-refractivity contribution in [3.63, 3.8) is 0 Å². The SMILES string of the molecule is O=C(C1CCCC1)N1CCC(c2cc(CCOc3ccccc3Cl)[nH]n2)C1. The summed E-state index contributed by atoms with van der Waals surface area (Å²) in [5.74, 6) is 1.67. The van der Waals surface area contributed by atoms with Gasteiger partial charge in [0, 0.05) is 37.0 Å². The molecular weight excluding hydrogens is 362 g/mol. The number of rotatable bonds is 6. The number of H-pyrrole nitrogens is 1. The topological polar surface area (TPSA) is 58.2 Å². The van der Waals surface area contributed by atoms with E-state index in [1.54, 1.807) is 0 Å². The zero-order valence-electron chi connectivity index (χ0n) is 15.5. The summed E-state index contributed by atoms with van der Waals surface area (Å²) in [4.78, 5) is 14.7. The van der Waals surface area contributed by atoms with E-state index in [1.165, 1.54) is 12.8 Å². The average molecular weight is 388 g/mol. The number of carbonyl (C=O) groups is 1. The number of para-hydroxylation sites is 1. The smallest absolute Gasteiger partial charge is 0.225 e. The van der Waals surface area contributed by atoms with Crippen LogP contribution in [0.4, 0.5) is 0 Å². The average Bonchev–Trinajstić information content (AvgIpc) is 3.44. The van der Waals surface area contributed by atoms with Crippen molar-refractivity contribution in [2.45, 2.75) is 44.4 Å². The van der Waals surface area contributed by atoms with Gasteiger partial charge in [-0.25, -0.2) is 0 Å². The van der Waals surface area contributed by atoms with Crippen LogP contribution in [-0.2, 0) is 11.2 Å². The first-order valence-corrected chi connectivity index (χ1v) is 10.3. The number of nitrogens with zero attached hydrogens (tertiary/aromatic N) is 2. The molecule has 2 aliphatic rings. The molecule has 2 aromatic rings. The van der Waals surface area contributed by atoms with E-state index < -0.39 is 0 Å². The molecule has 1 saturated carbocycles. The number of likely N-dealkylation sites (tertiary alicyclic amines) is 1. The van der Waals surface area contributed by atoms with Crippen LogP contribution in [0.1, 0.15) is 49.4 Å². The van der Waals surface area contributed by atoms with Crippen LogP contribution < -0.4 is 4.74 Å². The quantitative estimate of drug-likeness (QED) is 0.808. The highest BCUT2D eigenvalue weighted by Crippen LogP contribution is 2.32. The Morgan fingerprint density at radius 1 is 1.26 bits per heavy atom. The number of amides is 1. The number of halogens is 1. The normalized spacial score (nSPS) is 20.3. The van der Waals surface area contributed by atoms with Gasteiger partial charge in [0.05, 0.1) is 17.3 Å². The van der Waals surface area contributed by atoms with Crippen molar-refractivity contribution >= 4 is 17.5 Å². The lowest BCUT2D eigenvalue weighted by molar-refractivity contribution is -0.134. The maximum Gasteiger partial charge on any atom is 0.225 e. The van der Waals surface area contributed by atoms with Crippen LogP contribution >= 0.6 is 11.6 Å². The molecule has 1 unspecified atom stereocenters. The van der Waals surface area contributed by atoms with Crippen LogP contribution in [0.3, 0.4) is 0 Å². The van der Waals surface area contributed by atoms with Crippen LogP contribution in [0.5, 0.6) is 5.75 Å². The summed E-state index contributed by atoms with van der Waals surface area (Å²) in [7, 11) is 0. The first-order chi connectivity index (χ1) is 13.2. The molecule has 1 saturated heterocycles. The van der Waals surface area contributed by atoms with Crippen LogP contribution in [0.25, 0.3) is 0 Å². The number of hydrogen-bond donors (Lipinski definition) is 1. The highest BCUT2D eigenvalue weighted by molar-refractivity contribution is 6.32. The van der Waals surface area contributed by atoms with E-state index in [1.807, 2.05) is 24.3 Å². The number of nitrogens with one attached hydrogen (secondary N) is 1. The first-order valence-electron chi connectivity index (χ1n) is 9.91. The number of benzene rings is 1. The third kappa shape index (κ3) is 4.29. The van der Waals surface area contributed by atoms with Gasteiger partial charge in [-0.3, -0.25) is 9.89 Å². The predicted molar refractivity (Wildman–Crippen MR) is 105 cm³/mol. The summed E-state index contributed by atoms with van der Waals surface area (Å²) < 4.78 is 5.75. The molecule has 144 valence electrons. The van der Waals surface area contributed by atoms with Crippen molar-refractivity contribution in [1.29, 1.82) is 0 Å². The van der Waals surface area contributed by atoms with Gasteiger partial charge in [0.25, 0.3) is 0 Å². The standard InChI is InChI=1S/C21H26ClN3O2/c22-18-7-3-4-8-20(18)27-12-10-17-13-19(24-23-17)16-9-11-25(14-16)21(26)15-5-1-2-6-15/h3-4,7-8,13,15-16H,1-2,5-6,9-12,14H2,(H,23,24). The van der Waals surface area contributed by atoms with Gasteiger partial charge in [0.2, 0.25) is 5.91 Å². The van der Waals surface area contributed by atoms with Gasteiger partial charge in [-0.15, -0.1) is 0 Å². The number of carbonyl (C=O) groups excluding carboxylic acids is 1. The Bertz CT molecular complexity index is 785. The minimum absolute atomic E-state index is 0.264. The highest BCUT2D eigenvalue weighted by Gasteiger charge is 2.33. The number of hydrogen-bond acceptors (Lipinski definition) is 3. The Kier molecular flexibility index (Phi) is 5.67. The Balaban J connectivity index is 1.28. The van der Waals surface area contributed by atoms with Gasteiger partial charge in [0.1, 0.15) is 5.75 Å². The summed E-state index contributed by atoms with van der Waals surface area (Å²) in [5, 5.41) is 8.23. The first kappa shape index (κ1) is 18.4. The minimum Gasteiger partial charge on any atom is -0.492 e. The molecule has 1 amide bonds. The fourth-order valence-electron chi connectivity index (χ4n) is 4.18. The van der Waals surface area contributed by atoms with E-state index in [0.29, 0.717) is 29.2 Å². The number of aromatic nitrogens is 2. The lowest BCUT2D eigenvalue weighted by atomic mass is 10.0. The number of aromatic amines is 1. The highest BCUT2D eigenvalue weighted by atomic mass is 35.5. The molecule has 2 heterocycles. The summed E-state index contributed by atoms with van der Waals surface area (Å²) in [6.07, 6.45) is 6.28. The summed E-state index contributed by atoms with van der Waals surface area (Å²) in [5.41, 5.74) is 2.11. The fourth-order valence-corrected chi connectivity index (χ4v) is 4.37. The Morgan fingerprint density at radius 3 is 2.89 bits per heavy atom. The third-order valence-electron chi connectivity index (χ3n) is 5.74. The molecule has 1 aliphatic carbocycles. The van der Waals surface area contributed by atoms with Gasteiger partial charge >= 0.3 is 0 Å². The van der Waals surface area contributed by atoms with Crippen molar-refractivity contribution in [3.05, 3.63) is 46.7 Å². The maximum absolute atomic E-state index is 12.6. The molecule has 2 fully saturated rings. The second kappa shape index (κ2) is 8.34. The summed E-state index contributed by atoms with van der Waals surface area (Å²) in [6, 6.07) is 9.61. The van der Waals surface area contributed by atoms with Crippen molar-refractivity contribution in [2.75, 3.05) is 19.7 Å². The van der Waals surface area contributed by atoms with Crippen molar-refractivity contribution in [1.82, 2.24) is 15.1 Å². The van der Waals surface area contributed by atoms with Crippen LogP contribution in [0, 0.1) is 5.92 Å². The second-order valence-corrected chi connectivity index (χ2v) is 8.01. The molecular formula is C21H26ClN3O2. The van der Waals surface area contributed by atoms with Gasteiger partial charge in [-0.2, -0.15) is 5.10 Å². The van der Waals surface area contributed by atoms with Gasteiger partial charge in [0.15, 0.2) is 0 Å². The minimum atomic E-state index is 0.264. The van der Waals surface area contributed by atoms with E-state index in [9.17, 15) is 4.79 Å². The molecule has 27 heavy (non-hydrogen) atoms. The molecule has 1 aliphatic heterocycles. The molecule has 4 rings (SSSR count). The van der Waals surface area contributed by atoms with E-state index in [0.717, 1.165) is 50.2 Å². The van der Waals surface area contributed by atoms with Gasteiger partial charge in [-0.1, -0.05) is 36.6 Å². The lowest BCUT2D eigenvalue weighted by Gasteiger charge is -2.20. The van der Waals surface area contributed by atoms with E-state index in [2.05, 4.69) is 21.2 Å². The Morgan fingerprint density at radius 2 is 2.07 bits per heavy atom. The predicted octanol–water partition coefficient (Wildman–Crippen LogP) is 4.19. The van der Waals surface area contributed by atoms with Crippen molar-refractivity contribution in [3.8, 4) is 5.75 Å². The monoisotopic (exact) mass is 387 g/mol. The third-order valence-corrected chi connectivity index (χ3v) is 6.05. The molecule has 1 aromatic carbocycles. The summed E-state index contributed by atoms with van der Waals surface area (Å²) in [6.45, 7) is 2.20. The molecule has 1 aromatic heterocycles. The fraction of sp³-hybridized carbons (Fsp3) is 0.524. The molecule has 0 radical (unpaired) electrons. The second-order valence-electron chi connectivity index (χ2n) is 7.60. The van der Waals surface area contributed by atoms with Gasteiger partial charge < -0.3 is 9.64 Å². The van der Waals surface area contributed by atoms with Crippen LogP contribution in [-0.4, -0.2) is 40.7 Å². The lowest BCUT2D eigenvalue weighted by Crippen LogP contribution is -2.33. The summed E-state index contributed by atoms with van der Waals surface area (Å²) >= 11 is 6.11. The number of ether oxygens (including phenoxy) is 1. The molecule has 1 N–H and O–H groups in total. The molecule has 6 heteroatoms. The van der Waals surface area contributed by atoms with Crippen LogP contribution in [0.2, 0.25) is 5.02 Å². The van der Waals surface area contributed by atoms with Crippen molar-refractivity contribution < 1.29 is 9.53 Å². The largest absolute Gasteiger partial charge is 0.492 e. The maximum atomic E-state index is 12.6. The van der Waals surface area contributed by atoms with Crippen molar-refractivity contribution in [2.24, 2.45) is 5.92 Å². The molecule has 0 bridgehead atoms. The zero-order chi connectivity index (χ0) is 18.6. The molecule has 5 nitrogen and oxygen atoms in total. The van der Waals surface area contributed by atoms with Gasteiger partial charge in [-0.05, 0) is 37.5 Å². The molecule has 1 atom stereocenters. The van der Waals surface area contributed by atoms with Crippen LogP contribution in [0.15, 0.2) is 30.3 Å². The molecule has 0 spiro atoms. The van der Waals surface area contributed by atoms with E-state index in [-0.39, 0.29) is 5.92 Å². The van der Waals surface area contributed by atoms with E-state index in [4.69, 9.17) is 16.3 Å². The zero-order valence-corrected chi connectivity index (χ0v) is 16.3. The Hall–Kier alpha value is -2.01. The Labute approximate surface area is 165 Å².